The second-order valence-corrected chi connectivity index (χ2v) is 4.52. The Morgan fingerprint density at radius 2 is 1.84 bits per heavy atom. The molecule has 0 aliphatic rings. The highest BCUT2D eigenvalue weighted by atomic mass is 35.5. The van der Waals surface area contributed by atoms with Crippen molar-refractivity contribution >= 4 is 11.6 Å². The fourth-order valence-electron chi connectivity index (χ4n) is 1.72. The zero-order valence-electron chi connectivity index (χ0n) is 10.0. The molecule has 0 radical (unpaired) electrons. The van der Waals surface area contributed by atoms with Gasteiger partial charge in [-0.25, -0.2) is 4.39 Å². The molecule has 0 aliphatic heterocycles. The van der Waals surface area contributed by atoms with Crippen molar-refractivity contribution in [2.45, 2.75) is 13.1 Å². The van der Waals surface area contributed by atoms with Gasteiger partial charge in [0, 0.05) is 17.6 Å². The number of hydrogen-bond donors (Lipinski definition) is 0. The van der Waals surface area contributed by atoms with E-state index in [4.69, 9.17) is 11.6 Å². The van der Waals surface area contributed by atoms with Gasteiger partial charge in [0.15, 0.2) is 0 Å². The molecule has 1 aromatic carbocycles. The van der Waals surface area contributed by atoms with Crippen LogP contribution in [0.4, 0.5) is 17.6 Å². The van der Waals surface area contributed by atoms with Gasteiger partial charge in [0.05, 0.1) is 5.69 Å². The van der Waals surface area contributed by atoms with E-state index in [-0.39, 0.29) is 16.3 Å². The van der Waals surface area contributed by atoms with Crippen LogP contribution in [0, 0.1) is 12.7 Å². The van der Waals surface area contributed by atoms with Gasteiger partial charge in [-0.2, -0.15) is 18.3 Å². The predicted molar refractivity (Wildman–Crippen MR) is 63.4 cm³/mol. The molecule has 1 heterocycles. The van der Waals surface area contributed by atoms with Crippen LogP contribution in [-0.4, -0.2) is 9.78 Å². The quantitative estimate of drug-likeness (QED) is 0.720. The van der Waals surface area contributed by atoms with Gasteiger partial charge in [-0.05, 0) is 30.7 Å². The maximum absolute atomic E-state index is 13.7. The Morgan fingerprint density at radius 3 is 2.37 bits per heavy atom. The number of nitrogens with zero attached hydrogens (tertiary/aromatic N) is 2. The first-order chi connectivity index (χ1) is 8.70. The molecule has 0 aliphatic carbocycles. The van der Waals surface area contributed by atoms with Crippen molar-refractivity contribution in [3.8, 4) is 11.3 Å². The van der Waals surface area contributed by atoms with E-state index >= 15 is 0 Å². The van der Waals surface area contributed by atoms with Gasteiger partial charge in [0.25, 0.3) is 0 Å². The van der Waals surface area contributed by atoms with E-state index in [0.29, 0.717) is 10.2 Å². The van der Waals surface area contributed by atoms with Crippen LogP contribution in [0.2, 0.25) is 5.02 Å². The van der Waals surface area contributed by atoms with Gasteiger partial charge in [-0.1, -0.05) is 11.6 Å². The van der Waals surface area contributed by atoms with Crippen molar-refractivity contribution in [1.82, 2.24) is 9.78 Å². The minimum absolute atomic E-state index is 0.00648. The maximum Gasteiger partial charge on any atom is 0.433 e. The SMILES string of the molecule is Cc1cc(-c2cc(C(F)(F)F)n(C)n2)c(F)cc1Cl. The van der Waals surface area contributed by atoms with E-state index in [1.807, 2.05) is 0 Å². The van der Waals surface area contributed by atoms with Crippen LogP contribution in [0.1, 0.15) is 11.3 Å². The average Bonchev–Trinajstić information content (AvgIpc) is 2.65. The largest absolute Gasteiger partial charge is 0.433 e. The fraction of sp³-hybridized carbons (Fsp3) is 0.250. The molecule has 1 aromatic heterocycles. The summed E-state index contributed by atoms with van der Waals surface area (Å²) in [4.78, 5) is 0. The highest BCUT2D eigenvalue weighted by Crippen LogP contribution is 2.33. The van der Waals surface area contributed by atoms with Crippen LogP contribution < -0.4 is 0 Å². The second kappa shape index (κ2) is 4.52. The third-order valence-corrected chi connectivity index (χ3v) is 3.10. The molecule has 0 N–H and O–H groups in total. The number of aromatic nitrogens is 2. The molecule has 2 aromatic rings. The second-order valence-electron chi connectivity index (χ2n) is 4.12. The Labute approximate surface area is 111 Å². The van der Waals surface area contributed by atoms with E-state index in [1.165, 1.54) is 6.07 Å². The molecule has 0 fully saturated rings. The molecule has 0 unspecified atom stereocenters. The standard InChI is InChI=1S/C12H9ClF4N2/c1-6-3-7(9(14)4-8(6)13)10-5-11(12(15,16)17)19(2)18-10/h3-5H,1-2H3. The average molecular weight is 293 g/mol. The molecule has 0 saturated heterocycles. The minimum atomic E-state index is -4.53. The van der Waals surface area contributed by atoms with Crippen LogP contribution in [0.25, 0.3) is 11.3 Å². The van der Waals surface area contributed by atoms with Crippen molar-refractivity contribution in [1.29, 1.82) is 0 Å². The molecule has 0 bridgehead atoms. The van der Waals surface area contributed by atoms with E-state index in [9.17, 15) is 17.6 Å². The van der Waals surface area contributed by atoms with Gasteiger partial charge in [0.2, 0.25) is 0 Å². The number of aryl methyl sites for hydroxylation is 2. The van der Waals surface area contributed by atoms with E-state index in [1.54, 1.807) is 6.92 Å². The molecular formula is C12H9ClF4N2. The summed E-state index contributed by atoms with van der Waals surface area (Å²) < 4.78 is 52.4. The first kappa shape index (κ1) is 13.9. The monoisotopic (exact) mass is 292 g/mol. The number of halogens is 5. The fourth-order valence-corrected chi connectivity index (χ4v) is 1.87. The van der Waals surface area contributed by atoms with Crippen LogP contribution >= 0.6 is 11.6 Å². The molecule has 0 amide bonds. The lowest BCUT2D eigenvalue weighted by molar-refractivity contribution is -0.143. The molecule has 19 heavy (non-hydrogen) atoms. The Morgan fingerprint density at radius 1 is 1.21 bits per heavy atom. The molecule has 2 rings (SSSR count). The first-order valence-corrected chi connectivity index (χ1v) is 5.65. The third-order valence-electron chi connectivity index (χ3n) is 2.69. The topological polar surface area (TPSA) is 17.8 Å². The Kier molecular flexibility index (Phi) is 3.30. The number of benzene rings is 1. The molecule has 2 nitrogen and oxygen atoms in total. The summed E-state index contributed by atoms with van der Waals surface area (Å²) in [5, 5.41) is 3.91. The van der Waals surface area contributed by atoms with Crippen molar-refractivity contribution in [2.75, 3.05) is 0 Å². The summed E-state index contributed by atoms with van der Waals surface area (Å²) in [6.07, 6.45) is -4.53. The molecule has 0 atom stereocenters. The van der Waals surface area contributed by atoms with Crippen LogP contribution in [0.3, 0.4) is 0 Å². The number of rotatable bonds is 1. The van der Waals surface area contributed by atoms with Crippen molar-refractivity contribution in [3.05, 3.63) is 40.3 Å². The molecule has 0 spiro atoms. The molecular weight excluding hydrogens is 284 g/mol. The number of alkyl halides is 3. The minimum Gasteiger partial charge on any atom is -0.263 e. The Balaban J connectivity index is 2.58. The van der Waals surface area contributed by atoms with Gasteiger partial charge < -0.3 is 0 Å². The van der Waals surface area contributed by atoms with Gasteiger partial charge in [0.1, 0.15) is 11.5 Å². The van der Waals surface area contributed by atoms with E-state index in [2.05, 4.69) is 5.10 Å². The van der Waals surface area contributed by atoms with Crippen LogP contribution in [0.5, 0.6) is 0 Å². The molecule has 0 saturated carbocycles. The zero-order chi connectivity index (χ0) is 14.4. The van der Waals surface area contributed by atoms with Crippen molar-refractivity contribution in [3.63, 3.8) is 0 Å². The molecule has 7 heteroatoms. The highest BCUT2D eigenvalue weighted by molar-refractivity contribution is 6.31. The predicted octanol–water partition coefficient (Wildman–Crippen LogP) is 4.21. The van der Waals surface area contributed by atoms with E-state index in [0.717, 1.165) is 19.2 Å². The van der Waals surface area contributed by atoms with Gasteiger partial charge in [-0.3, -0.25) is 4.68 Å². The maximum atomic E-state index is 13.7. The third kappa shape index (κ3) is 2.58. The van der Waals surface area contributed by atoms with Crippen LogP contribution in [-0.2, 0) is 13.2 Å². The smallest absolute Gasteiger partial charge is 0.263 e. The van der Waals surface area contributed by atoms with E-state index < -0.39 is 17.7 Å². The lowest BCUT2D eigenvalue weighted by atomic mass is 10.1. The van der Waals surface area contributed by atoms with Gasteiger partial charge in [-0.15, -0.1) is 0 Å². The summed E-state index contributed by atoms with van der Waals surface area (Å²) in [5.41, 5.74) is -0.452. The van der Waals surface area contributed by atoms with Crippen LogP contribution in [0.15, 0.2) is 18.2 Å². The molecule has 102 valence electrons. The lowest BCUT2D eigenvalue weighted by Crippen LogP contribution is -2.11. The van der Waals surface area contributed by atoms with Gasteiger partial charge >= 0.3 is 6.18 Å². The highest BCUT2D eigenvalue weighted by Gasteiger charge is 2.35. The van der Waals surface area contributed by atoms with Crippen molar-refractivity contribution < 1.29 is 17.6 Å². The summed E-state index contributed by atoms with van der Waals surface area (Å²) in [6.45, 7) is 1.64. The first-order valence-electron chi connectivity index (χ1n) is 5.27. The summed E-state index contributed by atoms with van der Waals surface area (Å²) >= 11 is 5.74. The Hall–Kier alpha value is -1.56. The Bertz CT molecular complexity index is 631. The number of hydrogen-bond acceptors (Lipinski definition) is 1. The van der Waals surface area contributed by atoms with Crippen molar-refractivity contribution in [2.24, 2.45) is 7.05 Å². The zero-order valence-corrected chi connectivity index (χ0v) is 10.8. The lowest BCUT2D eigenvalue weighted by Gasteiger charge is -2.04. The summed E-state index contributed by atoms with van der Waals surface area (Å²) in [5.74, 6) is -0.706. The summed E-state index contributed by atoms with van der Waals surface area (Å²) in [6, 6.07) is 3.25. The normalized spacial score (nSPS) is 11.9. The summed E-state index contributed by atoms with van der Waals surface area (Å²) in [7, 11) is 1.16.